The molecule has 4 aromatic rings. The normalized spacial score (nSPS) is 10.6. The minimum atomic E-state index is 1.03. The zero-order valence-corrected chi connectivity index (χ0v) is 14.1. The molecule has 0 aliphatic carbocycles. The van der Waals surface area contributed by atoms with Gasteiger partial charge in [0.05, 0.1) is 0 Å². The molecule has 0 radical (unpaired) electrons. The minimum Gasteiger partial charge on any atom is -0.244 e. The van der Waals surface area contributed by atoms with Crippen LogP contribution >= 0.6 is 0 Å². The summed E-state index contributed by atoms with van der Waals surface area (Å²) < 4.78 is 0. The lowest BCUT2D eigenvalue weighted by atomic mass is 9.90. The van der Waals surface area contributed by atoms with E-state index in [-0.39, 0.29) is 0 Å². The second kappa shape index (κ2) is 6.70. The molecule has 0 aliphatic rings. The van der Waals surface area contributed by atoms with Crippen molar-refractivity contribution in [3.63, 3.8) is 0 Å². The molecule has 0 unspecified atom stereocenters. The van der Waals surface area contributed by atoms with Gasteiger partial charge in [-0.3, -0.25) is 0 Å². The quantitative estimate of drug-likeness (QED) is 0.477. The highest BCUT2D eigenvalue weighted by molar-refractivity contribution is 5.86. The van der Waals surface area contributed by atoms with Gasteiger partial charge in [-0.05, 0) is 40.3 Å². The number of aromatic nitrogens is 2. The van der Waals surface area contributed by atoms with Crippen molar-refractivity contribution in [1.29, 1.82) is 0 Å². The molecule has 0 fully saturated rings. The Hall–Kier alpha value is -3.26. The molecule has 1 heterocycles. The Morgan fingerprint density at radius 2 is 1.24 bits per heavy atom. The lowest BCUT2D eigenvalue weighted by molar-refractivity contribution is 1.17. The molecule has 2 nitrogen and oxygen atoms in total. The van der Waals surface area contributed by atoms with Gasteiger partial charge in [0.25, 0.3) is 0 Å². The largest absolute Gasteiger partial charge is 0.244 e. The van der Waals surface area contributed by atoms with Crippen molar-refractivity contribution in [2.24, 2.45) is 0 Å². The molecule has 2 heteroatoms. The number of benzene rings is 3. The van der Waals surface area contributed by atoms with Gasteiger partial charge in [0.2, 0.25) is 0 Å². The van der Waals surface area contributed by atoms with E-state index in [0.717, 1.165) is 11.1 Å². The first kappa shape index (κ1) is 15.3. The summed E-state index contributed by atoms with van der Waals surface area (Å²) in [5, 5.41) is 0. The molecule has 0 atom stereocenters. The molecular weight excluding hydrogens is 304 g/mol. The van der Waals surface area contributed by atoms with E-state index in [9.17, 15) is 0 Å². The summed E-state index contributed by atoms with van der Waals surface area (Å²) in [5.74, 6) is 0. The molecule has 120 valence electrons. The first-order valence-electron chi connectivity index (χ1n) is 8.34. The first-order valence-corrected chi connectivity index (χ1v) is 8.34. The van der Waals surface area contributed by atoms with Crippen LogP contribution in [0, 0.1) is 6.92 Å². The molecule has 0 saturated carbocycles. The van der Waals surface area contributed by atoms with E-state index < -0.39 is 0 Å². The third-order valence-corrected chi connectivity index (χ3v) is 4.43. The second-order valence-corrected chi connectivity index (χ2v) is 6.07. The summed E-state index contributed by atoms with van der Waals surface area (Å²) in [4.78, 5) is 8.19. The van der Waals surface area contributed by atoms with Crippen molar-refractivity contribution >= 4 is 0 Å². The summed E-state index contributed by atoms with van der Waals surface area (Å²) >= 11 is 0. The number of aryl methyl sites for hydroxylation is 1. The van der Waals surface area contributed by atoms with Gasteiger partial charge in [-0.1, -0.05) is 72.8 Å². The number of hydrogen-bond donors (Lipinski definition) is 0. The molecule has 0 aliphatic heterocycles. The maximum atomic E-state index is 4.10. The number of nitrogens with zero attached hydrogens (tertiary/aromatic N) is 2. The molecule has 0 N–H and O–H groups in total. The van der Waals surface area contributed by atoms with Crippen LogP contribution in [0.25, 0.3) is 33.4 Å². The molecular formula is C23H18N2. The van der Waals surface area contributed by atoms with Gasteiger partial charge in [-0.15, -0.1) is 0 Å². The van der Waals surface area contributed by atoms with Crippen molar-refractivity contribution in [3.8, 4) is 33.4 Å². The Morgan fingerprint density at radius 1 is 0.560 bits per heavy atom. The molecule has 0 bridgehead atoms. The lowest BCUT2D eigenvalue weighted by Gasteiger charge is -2.14. The fourth-order valence-corrected chi connectivity index (χ4v) is 3.19. The summed E-state index contributed by atoms with van der Waals surface area (Å²) in [6.45, 7) is 2.17. The highest BCUT2D eigenvalue weighted by atomic mass is 14.8. The van der Waals surface area contributed by atoms with Crippen molar-refractivity contribution in [1.82, 2.24) is 9.97 Å². The summed E-state index contributed by atoms with van der Waals surface area (Å²) in [7, 11) is 0. The Kier molecular flexibility index (Phi) is 4.09. The van der Waals surface area contributed by atoms with Crippen LogP contribution in [-0.2, 0) is 0 Å². The minimum absolute atomic E-state index is 1.03. The van der Waals surface area contributed by atoms with Crippen molar-refractivity contribution < 1.29 is 0 Å². The fourth-order valence-electron chi connectivity index (χ4n) is 3.19. The van der Waals surface area contributed by atoms with E-state index in [1.165, 1.54) is 27.8 Å². The molecule has 0 saturated heterocycles. The maximum Gasteiger partial charge on any atom is 0.115 e. The van der Waals surface area contributed by atoms with E-state index in [4.69, 9.17) is 0 Å². The smallest absolute Gasteiger partial charge is 0.115 e. The standard InChI is InChI=1S/C23H18N2/c1-17-6-5-9-22(23(17)20-7-3-2-4-8-20)19-12-10-18(11-13-19)21-14-24-16-25-15-21/h2-16H,1H3. The van der Waals surface area contributed by atoms with Gasteiger partial charge in [-0.25, -0.2) is 9.97 Å². The topological polar surface area (TPSA) is 25.8 Å². The number of hydrogen-bond acceptors (Lipinski definition) is 2. The van der Waals surface area contributed by atoms with Crippen LogP contribution < -0.4 is 0 Å². The Morgan fingerprint density at radius 3 is 1.96 bits per heavy atom. The van der Waals surface area contributed by atoms with Crippen LogP contribution in [0.2, 0.25) is 0 Å². The van der Waals surface area contributed by atoms with Crippen LogP contribution in [0.1, 0.15) is 5.56 Å². The predicted octanol–water partition coefficient (Wildman–Crippen LogP) is 5.79. The zero-order chi connectivity index (χ0) is 17.1. The molecule has 25 heavy (non-hydrogen) atoms. The van der Waals surface area contributed by atoms with Crippen molar-refractivity contribution in [3.05, 3.63) is 97.1 Å². The first-order chi connectivity index (χ1) is 12.3. The second-order valence-electron chi connectivity index (χ2n) is 6.07. The predicted molar refractivity (Wildman–Crippen MR) is 103 cm³/mol. The average molecular weight is 322 g/mol. The number of rotatable bonds is 3. The van der Waals surface area contributed by atoms with Gasteiger partial charge in [0.1, 0.15) is 6.33 Å². The van der Waals surface area contributed by atoms with Crippen LogP contribution in [0.15, 0.2) is 91.5 Å². The Bertz CT molecular complexity index is 975. The monoisotopic (exact) mass is 322 g/mol. The van der Waals surface area contributed by atoms with Crippen molar-refractivity contribution in [2.75, 3.05) is 0 Å². The third kappa shape index (κ3) is 3.07. The molecule has 3 aromatic carbocycles. The maximum absolute atomic E-state index is 4.10. The lowest BCUT2D eigenvalue weighted by Crippen LogP contribution is -1.89. The van der Waals surface area contributed by atoms with Gasteiger partial charge >= 0.3 is 0 Å². The Balaban J connectivity index is 1.80. The van der Waals surface area contributed by atoms with Crippen molar-refractivity contribution in [2.45, 2.75) is 6.92 Å². The summed E-state index contributed by atoms with van der Waals surface area (Å²) in [5.41, 5.74) is 8.43. The van der Waals surface area contributed by atoms with E-state index in [1.807, 2.05) is 12.4 Å². The highest BCUT2D eigenvalue weighted by Crippen LogP contribution is 2.35. The fraction of sp³-hybridized carbons (Fsp3) is 0.0435. The summed E-state index contributed by atoms with van der Waals surface area (Å²) in [6.07, 6.45) is 5.23. The van der Waals surface area contributed by atoms with E-state index in [0.29, 0.717) is 0 Å². The molecule has 0 spiro atoms. The van der Waals surface area contributed by atoms with Crippen LogP contribution in [0.5, 0.6) is 0 Å². The van der Waals surface area contributed by atoms with Gasteiger partial charge in [0, 0.05) is 18.0 Å². The molecule has 0 amide bonds. The molecule has 1 aromatic heterocycles. The van der Waals surface area contributed by atoms with Crippen LogP contribution in [-0.4, -0.2) is 9.97 Å². The van der Waals surface area contributed by atoms with E-state index >= 15 is 0 Å². The van der Waals surface area contributed by atoms with Gasteiger partial charge < -0.3 is 0 Å². The van der Waals surface area contributed by atoms with E-state index in [2.05, 4.69) is 89.7 Å². The zero-order valence-electron chi connectivity index (χ0n) is 14.1. The van der Waals surface area contributed by atoms with E-state index in [1.54, 1.807) is 6.33 Å². The summed E-state index contributed by atoms with van der Waals surface area (Å²) in [6, 6.07) is 25.6. The average Bonchev–Trinajstić information content (AvgIpc) is 2.69. The highest BCUT2D eigenvalue weighted by Gasteiger charge is 2.10. The van der Waals surface area contributed by atoms with Gasteiger partial charge in [-0.2, -0.15) is 0 Å². The van der Waals surface area contributed by atoms with Gasteiger partial charge in [0.15, 0.2) is 0 Å². The SMILES string of the molecule is Cc1cccc(-c2ccc(-c3cncnc3)cc2)c1-c1ccccc1. The van der Waals surface area contributed by atoms with Crippen LogP contribution in [0.4, 0.5) is 0 Å². The molecule has 4 rings (SSSR count). The van der Waals surface area contributed by atoms with Crippen LogP contribution in [0.3, 0.4) is 0 Å². The third-order valence-electron chi connectivity index (χ3n) is 4.43. The Labute approximate surface area is 147 Å².